The molecule has 5 atom stereocenters. The molecule has 1 heterocycles. The van der Waals surface area contributed by atoms with Crippen LogP contribution in [0.1, 0.15) is 26.3 Å². The summed E-state index contributed by atoms with van der Waals surface area (Å²) < 4.78 is 65.6. The molecule has 1 aliphatic rings. The SMILES string of the molecule is CC(=O)OCC1OC(OCc2ccccc2)[C@@H](OC(C)=O)C(NC(=O)C(F)(F)F)[C@H]1OC(C)=O. The summed E-state index contributed by atoms with van der Waals surface area (Å²) in [4.78, 5) is 46.5. The smallest absolute Gasteiger partial charge is 0.463 e. The molecule has 1 aromatic carbocycles. The standard InChI is InChI=1S/C21H24F3NO9/c1-11(26)30-10-15-17(32-12(2)27)16(25-20(29)21(22,23)24)18(33-13(3)28)19(34-15)31-9-14-7-5-4-6-8-14/h4-8,15-19H,9-10H2,1-3H3,(H,25,29)/t15?,16?,17-,18-,19?/m0/s1. The fraction of sp³-hybridized carbons (Fsp3) is 0.524. The van der Waals surface area contributed by atoms with Gasteiger partial charge in [0, 0.05) is 20.8 Å². The highest BCUT2D eigenvalue weighted by atomic mass is 19.4. The Hall–Kier alpha value is -3.19. The van der Waals surface area contributed by atoms with Crippen LogP contribution < -0.4 is 5.32 Å². The molecule has 1 fully saturated rings. The summed E-state index contributed by atoms with van der Waals surface area (Å²) in [6.07, 6.45) is -11.4. The fourth-order valence-electron chi connectivity index (χ4n) is 3.19. The van der Waals surface area contributed by atoms with Crippen LogP contribution in [0, 0.1) is 0 Å². The molecular weight excluding hydrogens is 467 g/mol. The minimum Gasteiger partial charge on any atom is -0.463 e. The number of carbonyl (C=O) groups excluding carboxylic acids is 4. The maximum absolute atomic E-state index is 13.0. The van der Waals surface area contributed by atoms with E-state index in [0.29, 0.717) is 5.56 Å². The van der Waals surface area contributed by atoms with E-state index in [9.17, 15) is 32.3 Å². The summed E-state index contributed by atoms with van der Waals surface area (Å²) >= 11 is 0. The van der Waals surface area contributed by atoms with Gasteiger partial charge in [-0.1, -0.05) is 30.3 Å². The van der Waals surface area contributed by atoms with Crippen LogP contribution in [0.3, 0.4) is 0 Å². The number of halogens is 3. The van der Waals surface area contributed by atoms with Gasteiger partial charge in [-0.05, 0) is 5.56 Å². The van der Waals surface area contributed by atoms with Gasteiger partial charge in [-0.2, -0.15) is 13.2 Å². The van der Waals surface area contributed by atoms with Crippen LogP contribution in [-0.2, 0) is 49.5 Å². The lowest BCUT2D eigenvalue weighted by Gasteiger charge is -2.45. The molecule has 0 saturated carbocycles. The molecule has 1 aromatic rings. The van der Waals surface area contributed by atoms with Crippen molar-refractivity contribution in [1.29, 1.82) is 0 Å². The molecule has 0 radical (unpaired) electrons. The molecule has 0 aliphatic carbocycles. The second-order valence-corrected chi connectivity index (χ2v) is 7.29. The van der Waals surface area contributed by atoms with E-state index in [2.05, 4.69) is 0 Å². The van der Waals surface area contributed by atoms with Gasteiger partial charge >= 0.3 is 30.0 Å². The minimum absolute atomic E-state index is 0.109. The summed E-state index contributed by atoms with van der Waals surface area (Å²) in [6.45, 7) is 2.38. The van der Waals surface area contributed by atoms with E-state index >= 15 is 0 Å². The summed E-state index contributed by atoms with van der Waals surface area (Å²) in [5.74, 6) is -4.97. The van der Waals surface area contributed by atoms with Gasteiger partial charge in [-0.25, -0.2) is 0 Å². The monoisotopic (exact) mass is 491 g/mol. The van der Waals surface area contributed by atoms with E-state index in [0.717, 1.165) is 20.8 Å². The van der Waals surface area contributed by atoms with Gasteiger partial charge in [0.05, 0.1) is 6.61 Å². The zero-order chi connectivity index (χ0) is 25.5. The van der Waals surface area contributed by atoms with E-state index in [1.165, 1.54) is 0 Å². The lowest BCUT2D eigenvalue weighted by Crippen LogP contribution is -2.68. The Balaban J connectivity index is 2.43. The molecule has 1 saturated heterocycles. The highest BCUT2D eigenvalue weighted by molar-refractivity contribution is 5.82. The number of amides is 1. The van der Waals surface area contributed by atoms with Gasteiger partial charge in [0.2, 0.25) is 0 Å². The van der Waals surface area contributed by atoms with Crippen molar-refractivity contribution in [2.45, 2.75) is 64.2 Å². The molecule has 0 bridgehead atoms. The summed E-state index contributed by atoms with van der Waals surface area (Å²) in [6, 6.07) is 6.84. The molecule has 1 N–H and O–H groups in total. The Morgan fingerprint density at radius 1 is 0.941 bits per heavy atom. The molecule has 1 aliphatic heterocycles. The number of nitrogens with one attached hydrogen (secondary N) is 1. The molecular formula is C21H24F3NO9. The predicted octanol–water partition coefficient (Wildman–Crippen LogP) is 1.40. The Bertz CT molecular complexity index is 878. The number of ether oxygens (including phenoxy) is 5. The normalized spacial score (nSPS) is 24.6. The fourth-order valence-corrected chi connectivity index (χ4v) is 3.19. The lowest BCUT2D eigenvalue weighted by atomic mass is 9.95. The highest BCUT2D eigenvalue weighted by Crippen LogP contribution is 2.29. The average Bonchev–Trinajstić information content (AvgIpc) is 2.73. The van der Waals surface area contributed by atoms with Crippen LogP contribution in [-0.4, -0.2) is 67.2 Å². The summed E-state index contributed by atoms with van der Waals surface area (Å²) in [5.41, 5.74) is 0.655. The largest absolute Gasteiger partial charge is 0.471 e. The maximum Gasteiger partial charge on any atom is 0.471 e. The number of esters is 3. The number of alkyl halides is 3. The first-order chi connectivity index (χ1) is 15.9. The molecule has 10 nitrogen and oxygen atoms in total. The van der Waals surface area contributed by atoms with Crippen LogP contribution in [0.5, 0.6) is 0 Å². The van der Waals surface area contributed by atoms with Crippen molar-refractivity contribution in [2.24, 2.45) is 0 Å². The third-order valence-electron chi connectivity index (χ3n) is 4.52. The quantitative estimate of drug-likeness (QED) is 0.424. The molecule has 188 valence electrons. The van der Waals surface area contributed by atoms with Crippen molar-refractivity contribution in [3.8, 4) is 0 Å². The van der Waals surface area contributed by atoms with Crippen molar-refractivity contribution in [2.75, 3.05) is 6.61 Å². The number of hydrogen-bond acceptors (Lipinski definition) is 9. The van der Waals surface area contributed by atoms with E-state index in [4.69, 9.17) is 23.7 Å². The number of carbonyl (C=O) groups is 4. The topological polar surface area (TPSA) is 126 Å². The van der Waals surface area contributed by atoms with Crippen LogP contribution in [0.4, 0.5) is 13.2 Å². The average molecular weight is 491 g/mol. The Morgan fingerprint density at radius 3 is 2.06 bits per heavy atom. The number of benzene rings is 1. The summed E-state index contributed by atoms with van der Waals surface area (Å²) in [7, 11) is 0. The van der Waals surface area contributed by atoms with E-state index in [1.807, 2.05) is 0 Å². The molecule has 1 amide bonds. The van der Waals surface area contributed by atoms with E-state index in [-0.39, 0.29) is 6.61 Å². The van der Waals surface area contributed by atoms with Crippen LogP contribution in [0.2, 0.25) is 0 Å². The van der Waals surface area contributed by atoms with Crippen LogP contribution in [0.15, 0.2) is 30.3 Å². The Morgan fingerprint density at radius 2 is 1.53 bits per heavy atom. The first-order valence-electron chi connectivity index (χ1n) is 10.0. The first kappa shape index (κ1) is 27.1. The molecule has 13 heteroatoms. The van der Waals surface area contributed by atoms with Crippen LogP contribution >= 0.6 is 0 Å². The Labute approximate surface area is 192 Å². The number of hydrogen-bond donors (Lipinski definition) is 1. The van der Waals surface area contributed by atoms with Gasteiger partial charge in [-0.15, -0.1) is 0 Å². The van der Waals surface area contributed by atoms with Crippen molar-refractivity contribution in [1.82, 2.24) is 5.32 Å². The van der Waals surface area contributed by atoms with E-state index < -0.39 is 67.2 Å². The summed E-state index contributed by atoms with van der Waals surface area (Å²) in [5, 5.41) is 1.70. The van der Waals surface area contributed by atoms with Crippen molar-refractivity contribution >= 4 is 23.8 Å². The maximum atomic E-state index is 13.0. The van der Waals surface area contributed by atoms with Gasteiger partial charge in [0.25, 0.3) is 0 Å². The highest BCUT2D eigenvalue weighted by Gasteiger charge is 2.53. The third-order valence-corrected chi connectivity index (χ3v) is 4.52. The lowest BCUT2D eigenvalue weighted by molar-refractivity contribution is -0.289. The minimum atomic E-state index is -5.30. The Kier molecular flexibility index (Phi) is 9.38. The molecule has 0 aromatic heterocycles. The van der Waals surface area contributed by atoms with Gasteiger partial charge in [0.1, 0.15) is 18.8 Å². The second-order valence-electron chi connectivity index (χ2n) is 7.29. The molecule has 3 unspecified atom stereocenters. The first-order valence-corrected chi connectivity index (χ1v) is 10.0. The molecule has 2 rings (SSSR count). The zero-order valence-electron chi connectivity index (χ0n) is 18.5. The molecule has 34 heavy (non-hydrogen) atoms. The third kappa shape index (κ3) is 7.99. The van der Waals surface area contributed by atoms with Gasteiger partial charge < -0.3 is 29.0 Å². The zero-order valence-corrected chi connectivity index (χ0v) is 18.5. The van der Waals surface area contributed by atoms with Crippen molar-refractivity contribution < 1.29 is 56.0 Å². The number of rotatable bonds is 8. The van der Waals surface area contributed by atoms with Crippen molar-refractivity contribution in [3.63, 3.8) is 0 Å². The van der Waals surface area contributed by atoms with Crippen molar-refractivity contribution in [3.05, 3.63) is 35.9 Å². The van der Waals surface area contributed by atoms with Gasteiger partial charge in [0.15, 0.2) is 18.5 Å². The molecule has 0 spiro atoms. The predicted molar refractivity (Wildman–Crippen MR) is 106 cm³/mol. The van der Waals surface area contributed by atoms with Gasteiger partial charge in [-0.3, -0.25) is 19.2 Å². The second kappa shape index (κ2) is 11.8. The van der Waals surface area contributed by atoms with E-state index in [1.54, 1.807) is 35.6 Å². The van der Waals surface area contributed by atoms with Crippen LogP contribution in [0.25, 0.3) is 0 Å².